The smallest absolute Gasteiger partial charge is 0.333 e. The molecule has 0 saturated carbocycles. The normalized spacial score (nSPS) is 13.3. The summed E-state index contributed by atoms with van der Waals surface area (Å²) in [5, 5.41) is 44.7. The van der Waals surface area contributed by atoms with Gasteiger partial charge in [-0.05, 0) is 72.9 Å². The molecule has 24 nitrogen and oxygen atoms in total. The minimum atomic E-state index is -1.46. The molecule has 0 aliphatic heterocycles. The lowest BCUT2D eigenvalue weighted by molar-refractivity contribution is -0.143. The van der Waals surface area contributed by atoms with E-state index in [1.807, 2.05) is 84.9 Å². The average Bonchev–Trinajstić information content (AvgIpc) is 1.58. The van der Waals surface area contributed by atoms with Crippen LogP contribution in [0.25, 0.3) is 32.7 Å². The van der Waals surface area contributed by atoms with E-state index in [0.29, 0.717) is 34.1 Å². The number of carbonyl (C=O) groups is 4. The number of rotatable bonds is 50. The van der Waals surface area contributed by atoms with Gasteiger partial charge < -0.3 is 96.2 Å². The topological polar surface area (TPSA) is 297 Å². The SMILES string of the molecule is C=C(C)C(=O)OCC(O)COCCOCCOc1cc2ccccc2c(OCCOCCOCC(O)COC(=O)C(=C)C)c1C1(c2c(OCCOCCOCC(O)COC(=O)C(=C)C)cc3ccccc3c2OCCOCCOCC(O)COC(=O)C(=C)C)c2ccccc2-c2ccccc21. The average molecular weight is 1400 g/mol. The van der Waals surface area contributed by atoms with E-state index >= 15 is 0 Å². The van der Waals surface area contributed by atoms with E-state index in [2.05, 4.69) is 50.6 Å². The van der Waals surface area contributed by atoms with E-state index in [0.717, 1.165) is 43.8 Å². The van der Waals surface area contributed by atoms with Crippen LogP contribution in [-0.2, 0) is 81.4 Å². The van der Waals surface area contributed by atoms with Gasteiger partial charge in [-0.2, -0.15) is 0 Å². The predicted molar refractivity (Wildman–Crippen MR) is 374 cm³/mol. The Hall–Kier alpha value is -8.60. The Morgan fingerprint density at radius 3 is 0.901 bits per heavy atom. The molecule has 4 atom stereocenters. The molecule has 7 rings (SSSR count). The Kier molecular flexibility index (Phi) is 33.1. The van der Waals surface area contributed by atoms with Crippen LogP contribution < -0.4 is 18.9 Å². The van der Waals surface area contributed by atoms with Crippen molar-refractivity contribution in [1.29, 1.82) is 0 Å². The van der Waals surface area contributed by atoms with Crippen LogP contribution in [0, 0.1) is 0 Å². The summed E-state index contributed by atoms with van der Waals surface area (Å²) in [6.07, 6.45) is -4.28. The second-order valence-corrected chi connectivity index (χ2v) is 23.7. The predicted octanol–water partition coefficient (Wildman–Crippen LogP) is 7.92. The number of carbonyl (C=O) groups excluding carboxylic acids is 4. The van der Waals surface area contributed by atoms with Gasteiger partial charge in [0.05, 0.1) is 122 Å². The zero-order valence-electron chi connectivity index (χ0n) is 58.0. The molecular weight excluding hydrogens is 1310 g/mol. The minimum Gasteiger partial charge on any atom is -0.491 e. The lowest BCUT2D eigenvalue weighted by Gasteiger charge is -2.39. The van der Waals surface area contributed by atoms with Crippen molar-refractivity contribution < 1.29 is 115 Å². The summed E-state index contributed by atoms with van der Waals surface area (Å²) in [5.41, 5.74) is 3.96. The van der Waals surface area contributed by atoms with E-state index in [4.69, 9.17) is 75.8 Å². The number of ether oxygens (including phenoxy) is 16. The first-order valence-electron chi connectivity index (χ1n) is 33.3. The fourth-order valence-corrected chi connectivity index (χ4v) is 10.7. The molecule has 1 aliphatic rings. The van der Waals surface area contributed by atoms with Crippen molar-refractivity contribution in [3.05, 3.63) is 180 Å². The zero-order chi connectivity index (χ0) is 72.5. The molecule has 4 N–H and O–H groups in total. The van der Waals surface area contributed by atoms with Gasteiger partial charge in [0.1, 0.15) is 100 Å². The van der Waals surface area contributed by atoms with Gasteiger partial charge in [-0.1, -0.05) is 123 Å². The Bertz CT molecular complexity index is 3470. The lowest BCUT2D eigenvalue weighted by atomic mass is 9.65. The number of esters is 4. The molecule has 6 aromatic rings. The quantitative estimate of drug-likeness (QED) is 0.0122. The molecule has 6 aromatic carbocycles. The fourth-order valence-electron chi connectivity index (χ4n) is 10.7. The molecule has 0 spiro atoms. The van der Waals surface area contributed by atoms with E-state index in [1.165, 1.54) is 27.7 Å². The van der Waals surface area contributed by atoms with Gasteiger partial charge in [0.25, 0.3) is 0 Å². The molecule has 0 fully saturated rings. The molecular formula is C77H94O24. The van der Waals surface area contributed by atoms with Crippen LogP contribution in [0.15, 0.2) is 158 Å². The van der Waals surface area contributed by atoms with Crippen molar-refractivity contribution in [1.82, 2.24) is 0 Å². The third-order valence-electron chi connectivity index (χ3n) is 15.3. The first-order chi connectivity index (χ1) is 48.8. The van der Waals surface area contributed by atoms with Gasteiger partial charge in [-0.15, -0.1) is 0 Å². The maximum absolute atomic E-state index is 11.9. The highest BCUT2D eigenvalue weighted by atomic mass is 16.6. The summed E-state index contributed by atoms with van der Waals surface area (Å²) in [6, 6.07) is 35.8. The lowest BCUT2D eigenvalue weighted by Crippen LogP contribution is -2.32. The van der Waals surface area contributed by atoms with Crippen LogP contribution in [0.1, 0.15) is 49.9 Å². The molecule has 0 saturated heterocycles. The maximum atomic E-state index is 11.9. The summed E-state index contributed by atoms with van der Waals surface area (Å²) in [6.45, 7) is 20.2. The molecule has 0 heterocycles. The highest BCUT2D eigenvalue weighted by molar-refractivity contribution is 6.00. The number of hydrogen-bond acceptors (Lipinski definition) is 24. The second-order valence-electron chi connectivity index (χ2n) is 23.7. The van der Waals surface area contributed by atoms with Crippen molar-refractivity contribution in [3.63, 3.8) is 0 Å². The third-order valence-corrected chi connectivity index (χ3v) is 15.3. The summed E-state index contributed by atoms with van der Waals surface area (Å²) in [4.78, 5) is 47.6. The van der Waals surface area contributed by atoms with Gasteiger partial charge in [0.2, 0.25) is 0 Å². The van der Waals surface area contributed by atoms with Gasteiger partial charge in [0.15, 0.2) is 0 Å². The van der Waals surface area contributed by atoms with Crippen LogP contribution >= 0.6 is 0 Å². The first-order valence-corrected chi connectivity index (χ1v) is 33.3. The van der Waals surface area contributed by atoms with Crippen molar-refractivity contribution in [2.75, 3.05) is 159 Å². The molecule has 24 heteroatoms. The monoisotopic (exact) mass is 1400 g/mol. The summed E-state index contributed by atoms with van der Waals surface area (Å²) in [7, 11) is 0. The van der Waals surface area contributed by atoms with Crippen LogP contribution in [-0.4, -0.2) is 227 Å². The van der Waals surface area contributed by atoms with Gasteiger partial charge in [0, 0.05) is 33.1 Å². The van der Waals surface area contributed by atoms with Crippen LogP contribution in [0.5, 0.6) is 23.0 Å². The Morgan fingerprint density at radius 2 is 0.594 bits per heavy atom. The largest absolute Gasteiger partial charge is 0.491 e. The van der Waals surface area contributed by atoms with Gasteiger partial charge in [-0.25, -0.2) is 19.2 Å². The van der Waals surface area contributed by atoms with Crippen molar-refractivity contribution in [2.45, 2.75) is 57.5 Å². The Balaban J connectivity index is 1.28. The second kappa shape index (κ2) is 42.0. The molecule has 1 aliphatic carbocycles. The molecule has 0 radical (unpaired) electrons. The first kappa shape index (κ1) is 79.7. The minimum absolute atomic E-state index is 0.0167. The Morgan fingerprint density at radius 1 is 0.337 bits per heavy atom. The van der Waals surface area contributed by atoms with Crippen molar-refractivity contribution in [3.8, 4) is 34.1 Å². The zero-order valence-corrected chi connectivity index (χ0v) is 58.0. The standard InChI is InChI=1S/C77H94O24/c1-51(2)73(82)98-47-57(78)43-90-29-25-86-33-37-94-67-41-55-17-9-11-19-61(55)71(96-39-35-88-27-31-92-45-59(80)49-100-75(84)53(5)6)69(67)77(65-23-15-13-21-63(65)64-22-14-16-24-66(64)77)70-68(95-38-34-87-26-30-91-44-58(79)48-99-74(83)52(3)4)42-56-18-10-12-20-62(56)72(70)97-40-36-89-28-32-93-46-60(81)50-101-76(85)54(7)8/h9-24,41-42,57-60,78-81H,1,3,5,7,25-40,43-50H2,2,4,6,8H3. The van der Waals surface area contributed by atoms with Crippen LogP contribution in [0.3, 0.4) is 0 Å². The van der Waals surface area contributed by atoms with Crippen molar-refractivity contribution in [2.24, 2.45) is 0 Å². The summed E-state index contributed by atoms with van der Waals surface area (Å²) in [5.74, 6) is -0.765. The molecule has 101 heavy (non-hydrogen) atoms. The fraction of sp³-hybridized carbons (Fsp3) is 0.429. The molecule has 0 aromatic heterocycles. The summed E-state index contributed by atoms with van der Waals surface area (Å²) < 4.78 is 96.1. The third kappa shape index (κ3) is 23.7. The number of fused-ring (bicyclic) bond motifs is 5. The number of aliphatic hydroxyl groups excluding tert-OH is 4. The van der Waals surface area contributed by atoms with E-state index in [9.17, 15) is 39.6 Å². The van der Waals surface area contributed by atoms with E-state index < -0.39 is 53.7 Å². The van der Waals surface area contributed by atoms with E-state index in [-0.39, 0.29) is 181 Å². The highest BCUT2D eigenvalue weighted by Crippen LogP contribution is 2.65. The van der Waals surface area contributed by atoms with Gasteiger partial charge in [-0.3, -0.25) is 0 Å². The summed E-state index contributed by atoms with van der Waals surface area (Å²) >= 11 is 0. The highest BCUT2D eigenvalue weighted by Gasteiger charge is 2.53. The maximum Gasteiger partial charge on any atom is 0.333 e. The number of hydrogen-bond donors (Lipinski definition) is 4. The van der Waals surface area contributed by atoms with Crippen LogP contribution in [0.4, 0.5) is 0 Å². The molecule has 546 valence electrons. The number of benzene rings is 6. The Labute approximate surface area is 588 Å². The molecule has 4 unspecified atom stereocenters. The molecule has 0 bridgehead atoms. The number of aliphatic hydroxyl groups is 4. The van der Waals surface area contributed by atoms with Crippen molar-refractivity contribution >= 4 is 45.4 Å². The van der Waals surface area contributed by atoms with Gasteiger partial charge >= 0.3 is 23.9 Å². The van der Waals surface area contributed by atoms with E-state index in [1.54, 1.807) is 0 Å². The molecule has 0 amide bonds. The van der Waals surface area contributed by atoms with Crippen LogP contribution in [0.2, 0.25) is 0 Å².